The fourth-order valence-corrected chi connectivity index (χ4v) is 2.28. The number of hydrogen-bond donors (Lipinski definition) is 1. The molecule has 1 N–H and O–H groups in total. The minimum absolute atomic E-state index is 0.211. The van der Waals surface area contributed by atoms with Crippen molar-refractivity contribution in [2.75, 3.05) is 14.2 Å². The molecule has 0 aliphatic heterocycles. The van der Waals surface area contributed by atoms with E-state index < -0.39 is 35.2 Å². The standard InChI is InChI=1S/C19H25NO6/c1-19(2,3)14(21)11-13(15(17(23)25-4)18(24)26-5)20-16(22)12-9-7-6-8-10-12/h6-10,13,15H,11H2,1-5H3,(H,20,22)/t13-/m1/s1. The topological polar surface area (TPSA) is 98.8 Å². The predicted octanol–water partition coefficient (Wildman–Crippen LogP) is 1.75. The first-order valence-corrected chi connectivity index (χ1v) is 8.16. The van der Waals surface area contributed by atoms with Crippen molar-refractivity contribution >= 4 is 23.6 Å². The van der Waals surface area contributed by atoms with E-state index in [1.54, 1.807) is 51.1 Å². The SMILES string of the molecule is COC(=O)C(C(=O)OC)[C@@H](CC(=O)C(C)(C)C)NC(=O)c1ccccc1. The summed E-state index contributed by atoms with van der Waals surface area (Å²) in [5.74, 6) is -3.92. The summed E-state index contributed by atoms with van der Waals surface area (Å²) >= 11 is 0. The number of carbonyl (C=O) groups is 4. The molecule has 1 amide bonds. The number of Topliss-reactive ketones (excluding diaryl/α,β-unsaturated/α-hetero) is 1. The minimum atomic E-state index is -1.44. The summed E-state index contributed by atoms with van der Waals surface area (Å²) in [5, 5.41) is 2.61. The summed E-state index contributed by atoms with van der Waals surface area (Å²) in [6.07, 6.45) is -0.211. The summed E-state index contributed by atoms with van der Waals surface area (Å²) in [4.78, 5) is 49.2. The fraction of sp³-hybridized carbons (Fsp3) is 0.474. The average molecular weight is 363 g/mol. The number of esters is 2. The second-order valence-electron chi connectivity index (χ2n) is 6.85. The van der Waals surface area contributed by atoms with Crippen LogP contribution in [0.5, 0.6) is 0 Å². The van der Waals surface area contributed by atoms with E-state index in [0.717, 1.165) is 14.2 Å². The first-order valence-electron chi connectivity index (χ1n) is 8.16. The molecule has 26 heavy (non-hydrogen) atoms. The van der Waals surface area contributed by atoms with Gasteiger partial charge in [-0.15, -0.1) is 0 Å². The van der Waals surface area contributed by atoms with E-state index in [4.69, 9.17) is 0 Å². The minimum Gasteiger partial charge on any atom is -0.468 e. The van der Waals surface area contributed by atoms with E-state index in [2.05, 4.69) is 14.8 Å². The summed E-state index contributed by atoms with van der Waals surface area (Å²) in [6.45, 7) is 5.16. The van der Waals surface area contributed by atoms with E-state index in [1.807, 2.05) is 0 Å². The third kappa shape index (κ3) is 5.68. The van der Waals surface area contributed by atoms with E-state index in [-0.39, 0.29) is 12.2 Å². The number of ether oxygens (including phenoxy) is 2. The molecule has 1 atom stereocenters. The Morgan fingerprint density at radius 2 is 1.46 bits per heavy atom. The number of benzene rings is 1. The van der Waals surface area contributed by atoms with Gasteiger partial charge in [0.05, 0.1) is 20.3 Å². The van der Waals surface area contributed by atoms with Gasteiger partial charge in [-0.25, -0.2) is 0 Å². The maximum Gasteiger partial charge on any atom is 0.322 e. The van der Waals surface area contributed by atoms with Gasteiger partial charge in [0.1, 0.15) is 5.78 Å². The Hall–Kier alpha value is -2.70. The van der Waals surface area contributed by atoms with E-state index in [0.29, 0.717) is 5.56 Å². The molecule has 0 aliphatic rings. The van der Waals surface area contributed by atoms with E-state index in [1.165, 1.54) is 0 Å². The third-order valence-corrected chi connectivity index (χ3v) is 3.91. The van der Waals surface area contributed by atoms with Crippen LogP contribution >= 0.6 is 0 Å². The van der Waals surface area contributed by atoms with Crippen molar-refractivity contribution in [3.05, 3.63) is 35.9 Å². The van der Waals surface area contributed by atoms with Crippen LogP contribution in [0.25, 0.3) is 0 Å². The molecule has 142 valence electrons. The van der Waals surface area contributed by atoms with Crippen LogP contribution < -0.4 is 5.32 Å². The van der Waals surface area contributed by atoms with Gasteiger partial charge < -0.3 is 14.8 Å². The highest BCUT2D eigenvalue weighted by molar-refractivity contribution is 5.99. The van der Waals surface area contributed by atoms with E-state index in [9.17, 15) is 19.2 Å². The Morgan fingerprint density at radius 3 is 1.88 bits per heavy atom. The number of amides is 1. The molecule has 0 fully saturated rings. The second kappa shape index (κ2) is 9.12. The molecule has 1 aromatic carbocycles. The lowest BCUT2D eigenvalue weighted by molar-refractivity contribution is -0.160. The van der Waals surface area contributed by atoms with E-state index >= 15 is 0 Å². The molecular formula is C19H25NO6. The van der Waals surface area contributed by atoms with Crippen molar-refractivity contribution in [1.29, 1.82) is 0 Å². The number of nitrogens with one attached hydrogen (secondary N) is 1. The molecule has 7 heteroatoms. The molecule has 0 bridgehead atoms. The summed E-state index contributed by atoms with van der Waals surface area (Å²) in [5.41, 5.74) is -0.360. The highest BCUT2D eigenvalue weighted by Gasteiger charge is 2.40. The molecule has 0 radical (unpaired) electrons. The Morgan fingerprint density at radius 1 is 0.962 bits per heavy atom. The van der Waals surface area contributed by atoms with Crippen LogP contribution in [0.4, 0.5) is 0 Å². The van der Waals surface area contributed by atoms with Gasteiger partial charge in [0, 0.05) is 17.4 Å². The van der Waals surface area contributed by atoms with Crippen molar-refractivity contribution in [2.24, 2.45) is 11.3 Å². The molecule has 0 saturated heterocycles. The monoisotopic (exact) mass is 363 g/mol. The smallest absolute Gasteiger partial charge is 0.322 e. The van der Waals surface area contributed by atoms with Gasteiger partial charge in [-0.2, -0.15) is 0 Å². The lowest BCUT2D eigenvalue weighted by Gasteiger charge is -2.27. The van der Waals surface area contributed by atoms with Crippen molar-refractivity contribution in [3.8, 4) is 0 Å². The first-order chi connectivity index (χ1) is 12.1. The molecule has 1 aromatic rings. The van der Waals surface area contributed by atoms with Gasteiger partial charge in [-0.3, -0.25) is 19.2 Å². The largest absolute Gasteiger partial charge is 0.468 e. The van der Waals surface area contributed by atoms with Crippen LogP contribution in [0.3, 0.4) is 0 Å². The lowest BCUT2D eigenvalue weighted by atomic mass is 9.84. The molecule has 7 nitrogen and oxygen atoms in total. The van der Waals surface area contributed by atoms with Gasteiger partial charge in [-0.1, -0.05) is 39.0 Å². The zero-order valence-electron chi connectivity index (χ0n) is 15.7. The van der Waals surface area contributed by atoms with Crippen LogP contribution in [-0.4, -0.2) is 43.9 Å². The Balaban J connectivity index is 3.18. The van der Waals surface area contributed by atoms with Gasteiger partial charge in [0.2, 0.25) is 0 Å². The Bertz CT molecular complexity index is 646. The van der Waals surface area contributed by atoms with Crippen LogP contribution in [0, 0.1) is 11.3 Å². The summed E-state index contributed by atoms with van der Waals surface area (Å²) in [7, 11) is 2.25. The highest BCUT2D eigenvalue weighted by Crippen LogP contribution is 2.22. The molecule has 1 rings (SSSR count). The fourth-order valence-electron chi connectivity index (χ4n) is 2.28. The molecule has 0 saturated carbocycles. The third-order valence-electron chi connectivity index (χ3n) is 3.91. The highest BCUT2D eigenvalue weighted by atomic mass is 16.5. The predicted molar refractivity (Wildman–Crippen MR) is 94.3 cm³/mol. The maximum atomic E-state index is 12.5. The number of carbonyl (C=O) groups excluding carboxylic acids is 4. The van der Waals surface area contributed by atoms with Crippen molar-refractivity contribution in [3.63, 3.8) is 0 Å². The van der Waals surface area contributed by atoms with Crippen LogP contribution in [0.1, 0.15) is 37.6 Å². The van der Waals surface area contributed by atoms with Crippen molar-refractivity contribution in [2.45, 2.75) is 33.2 Å². The maximum absolute atomic E-state index is 12.5. The molecule has 0 aliphatic carbocycles. The quantitative estimate of drug-likeness (QED) is 0.585. The molecule has 0 unspecified atom stereocenters. The van der Waals surface area contributed by atoms with Gasteiger partial charge in [0.25, 0.3) is 5.91 Å². The molecule has 0 spiro atoms. The normalized spacial score (nSPS) is 12.2. The summed E-state index contributed by atoms with van der Waals surface area (Å²) in [6, 6.07) is 7.20. The Labute approximate surface area is 153 Å². The molecule has 0 heterocycles. The molecule has 0 aromatic heterocycles. The number of ketones is 1. The number of rotatable bonds is 7. The Kier molecular flexibility index (Phi) is 7.49. The lowest BCUT2D eigenvalue weighted by Crippen LogP contribution is -2.49. The van der Waals surface area contributed by atoms with Crippen molar-refractivity contribution in [1.82, 2.24) is 5.32 Å². The number of methoxy groups -OCH3 is 2. The zero-order valence-corrected chi connectivity index (χ0v) is 15.7. The summed E-state index contributed by atoms with van der Waals surface area (Å²) < 4.78 is 9.34. The number of hydrogen-bond acceptors (Lipinski definition) is 6. The average Bonchev–Trinajstić information content (AvgIpc) is 2.61. The van der Waals surface area contributed by atoms with Crippen LogP contribution in [-0.2, 0) is 23.9 Å². The van der Waals surface area contributed by atoms with Gasteiger partial charge in [-0.05, 0) is 12.1 Å². The molecular weight excluding hydrogens is 338 g/mol. The van der Waals surface area contributed by atoms with Gasteiger partial charge in [0.15, 0.2) is 5.92 Å². The van der Waals surface area contributed by atoms with Gasteiger partial charge >= 0.3 is 11.9 Å². The first kappa shape index (κ1) is 21.3. The van der Waals surface area contributed by atoms with Crippen LogP contribution in [0.15, 0.2) is 30.3 Å². The second-order valence-corrected chi connectivity index (χ2v) is 6.85. The van der Waals surface area contributed by atoms with Crippen molar-refractivity contribution < 1.29 is 28.7 Å². The zero-order chi connectivity index (χ0) is 19.9. The van der Waals surface area contributed by atoms with Crippen LogP contribution in [0.2, 0.25) is 0 Å².